The first-order valence-electron chi connectivity index (χ1n) is 6.71. The van der Waals surface area contributed by atoms with E-state index in [1.54, 1.807) is 6.07 Å². The van der Waals surface area contributed by atoms with E-state index < -0.39 is 5.60 Å². The first-order chi connectivity index (χ1) is 9.09. The van der Waals surface area contributed by atoms with Crippen LogP contribution in [0.1, 0.15) is 48.9 Å². The fraction of sp³-hybridized carbons (Fsp3) is 0.571. The van der Waals surface area contributed by atoms with Crippen LogP contribution in [0.15, 0.2) is 18.3 Å². The van der Waals surface area contributed by atoms with Crippen molar-refractivity contribution in [2.24, 2.45) is 0 Å². The minimum Gasteiger partial charge on any atom is -0.388 e. The van der Waals surface area contributed by atoms with Crippen molar-refractivity contribution in [2.45, 2.75) is 44.1 Å². The molecule has 0 spiro atoms. The zero-order chi connectivity index (χ0) is 13.7. The Morgan fingerprint density at radius 3 is 2.68 bits per heavy atom. The molecule has 1 fully saturated rings. The summed E-state index contributed by atoms with van der Waals surface area (Å²) in [5, 5.41) is 13.5. The molecule has 5 heteroatoms. The van der Waals surface area contributed by atoms with Gasteiger partial charge in [-0.25, -0.2) is 4.98 Å². The molecule has 104 valence electrons. The molecule has 0 unspecified atom stereocenters. The van der Waals surface area contributed by atoms with E-state index in [2.05, 4.69) is 10.3 Å². The van der Waals surface area contributed by atoms with E-state index in [0.717, 1.165) is 38.5 Å². The van der Waals surface area contributed by atoms with Crippen molar-refractivity contribution >= 4 is 17.5 Å². The van der Waals surface area contributed by atoms with Crippen molar-refractivity contribution in [1.29, 1.82) is 0 Å². The molecule has 1 heterocycles. The summed E-state index contributed by atoms with van der Waals surface area (Å²) in [5.74, 6) is -0.220. The van der Waals surface area contributed by atoms with Gasteiger partial charge in [-0.2, -0.15) is 0 Å². The summed E-state index contributed by atoms with van der Waals surface area (Å²) in [6.07, 6.45) is 7.37. The Balaban J connectivity index is 1.92. The van der Waals surface area contributed by atoms with Crippen LogP contribution in [0.4, 0.5) is 0 Å². The molecule has 0 aromatic carbocycles. The van der Waals surface area contributed by atoms with Gasteiger partial charge < -0.3 is 10.4 Å². The Morgan fingerprint density at radius 1 is 1.37 bits per heavy atom. The monoisotopic (exact) mass is 282 g/mol. The van der Waals surface area contributed by atoms with Crippen LogP contribution in [-0.2, 0) is 0 Å². The number of halogens is 1. The van der Waals surface area contributed by atoms with Gasteiger partial charge in [-0.05, 0) is 25.0 Å². The molecular formula is C14H19ClN2O2. The van der Waals surface area contributed by atoms with Gasteiger partial charge in [0.05, 0.1) is 5.60 Å². The van der Waals surface area contributed by atoms with Crippen LogP contribution in [0, 0.1) is 0 Å². The first kappa shape index (κ1) is 14.3. The SMILES string of the molecule is O=C(NCC1(O)CCCCCC1)c1ccnc(Cl)c1. The Kier molecular flexibility index (Phi) is 4.77. The number of carbonyl (C=O) groups is 1. The molecule has 1 aromatic heterocycles. The van der Waals surface area contributed by atoms with Crippen LogP contribution >= 0.6 is 11.6 Å². The van der Waals surface area contributed by atoms with Gasteiger partial charge in [0.1, 0.15) is 5.15 Å². The summed E-state index contributed by atoms with van der Waals surface area (Å²) < 4.78 is 0. The molecular weight excluding hydrogens is 264 g/mol. The number of hydrogen-bond donors (Lipinski definition) is 2. The predicted octanol–water partition coefficient (Wildman–Crippen LogP) is 2.55. The number of carbonyl (C=O) groups excluding carboxylic acids is 1. The Bertz CT molecular complexity index is 443. The molecule has 1 amide bonds. The summed E-state index contributed by atoms with van der Waals surface area (Å²) in [7, 11) is 0. The van der Waals surface area contributed by atoms with Gasteiger partial charge in [0.25, 0.3) is 5.91 Å². The first-order valence-corrected chi connectivity index (χ1v) is 7.09. The Labute approximate surface area is 118 Å². The minimum absolute atomic E-state index is 0.220. The minimum atomic E-state index is -0.761. The molecule has 4 nitrogen and oxygen atoms in total. The third-order valence-electron chi connectivity index (χ3n) is 3.60. The lowest BCUT2D eigenvalue weighted by molar-refractivity contribution is 0.0246. The van der Waals surface area contributed by atoms with Crippen molar-refractivity contribution in [3.8, 4) is 0 Å². The highest BCUT2D eigenvalue weighted by atomic mass is 35.5. The van der Waals surface area contributed by atoms with E-state index in [4.69, 9.17) is 11.6 Å². The molecule has 19 heavy (non-hydrogen) atoms. The van der Waals surface area contributed by atoms with Crippen LogP contribution < -0.4 is 5.32 Å². The van der Waals surface area contributed by atoms with Crippen LogP contribution in [0.5, 0.6) is 0 Å². The van der Waals surface area contributed by atoms with Crippen LogP contribution in [0.3, 0.4) is 0 Å². The quantitative estimate of drug-likeness (QED) is 0.661. The zero-order valence-electron chi connectivity index (χ0n) is 10.9. The molecule has 1 aliphatic rings. The number of hydrogen-bond acceptors (Lipinski definition) is 3. The highest BCUT2D eigenvalue weighted by molar-refractivity contribution is 6.29. The highest BCUT2D eigenvalue weighted by Crippen LogP contribution is 2.26. The van der Waals surface area contributed by atoms with Crippen LogP contribution in [-0.4, -0.2) is 28.1 Å². The fourth-order valence-electron chi connectivity index (χ4n) is 2.45. The average Bonchev–Trinajstić information content (AvgIpc) is 2.61. The van der Waals surface area contributed by atoms with Gasteiger partial charge in [0.15, 0.2) is 0 Å². The summed E-state index contributed by atoms with van der Waals surface area (Å²) in [4.78, 5) is 15.8. The number of rotatable bonds is 3. The molecule has 2 N–H and O–H groups in total. The second-order valence-electron chi connectivity index (χ2n) is 5.19. The number of nitrogens with zero attached hydrogens (tertiary/aromatic N) is 1. The molecule has 0 bridgehead atoms. The topological polar surface area (TPSA) is 62.2 Å². The second kappa shape index (κ2) is 6.35. The molecule has 0 saturated heterocycles. The number of aromatic nitrogens is 1. The van der Waals surface area contributed by atoms with E-state index in [0.29, 0.717) is 17.3 Å². The van der Waals surface area contributed by atoms with Crippen molar-refractivity contribution in [3.05, 3.63) is 29.0 Å². The van der Waals surface area contributed by atoms with Gasteiger partial charge in [-0.1, -0.05) is 37.3 Å². The van der Waals surface area contributed by atoms with Crippen molar-refractivity contribution in [2.75, 3.05) is 6.54 Å². The van der Waals surface area contributed by atoms with Crippen molar-refractivity contribution < 1.29 is 9.90 Å². The predicted molar refractivity (Wildman–Crippen MR) is 74.2 cm³/mol. The lowest BCUT2D eigenvalue weighted by Crippen LogP contribution is -2.42. The maximum Gasteiger partial charge on any atom is 0.251 e. The van der Waals surface area contributed by atoms with Gasteiger partial charge in [0.2, 0.25) is 0 Å². The smallest absolute Gasteiger partial charge is 0.251 e. The van der Waals surface area contributed by atoms with E-state index >= 15 is 0 Å². The summed E-state index contributed by atoms with van der Waals surface area (Å²) >= 11 is 5.75. The van der Waals surface area contributed by atoms with Crippen molar-refractivity contribution in [3.63, 3.8) is 0 Å². The zero-order valence-corrected chi connectivity index (χ0v) is 11.6. The molecule has 0 atom stereocenters. The second-order valence-corrected chi connectivity index (χ2v) is 5.58. The Hall–Kier alpha value is -1.13. The third-order valence-corrected chi connectivity index (χ3v) is 3.81. The third kappa shape index (κ3) is 4.18. The molecule has 0 aliphatic heterocycles. The molecule has 0 radical (unpaired) electrons. The molecule has 1 aliphatic carbocycles. The van der Waals surface area contributed by atoms with E-state index in [1.165, 1.54) is 12.3 Å². The summed E-state index contributed by atoms with van der Waals surface area (Å²) in [5.41, 5.74) is -0.291. The standard InChI is InChI=1S/C14H19ClN2O2/c15-12-9-11(5-8-16-12)13(18)17-10-14(19)6-3-1-2-4-7-14/h5,8-9,19H,1-4,6-7,10H2,(H,17,18). The summed E-state index contributed by atoms with van der Waals surface area (Å²) in [6.45, 7) is 0.297. The maximum atomic E-state index is 12.0. The number of pyridine rings is 1. The van der Waals surface area contributed by atoms with Crippen LogP contribution in [0.25, 0.3) is 0 Å². The van der Waals surface area contributed by atoms with E-state index in [-0.39, 0.29) is 5.91 Å². The van der Waals surface area contributed by atoms with Gasteiger partial charge in [-0.3, -0.25) is 4.79 Å². The largest absolute Gasteiger partial charge is 0.388 e. The molecule has 1 aromatic rings. The van der Waals surface area contributed by atoms with Gasteiger partial charge in [-0.15, -0.1) is 0 Å². The van der Waals surface area contributed by atoms with Gasteiger partial charge in [0, 0.05) is 18.3 Å². The molecule has 2 rings (SSSR count). The van der Waals surface area contributed by atoms with E-state index in [1.807, 2.05) is 0 Å². The lowest BCUT2D eigenvalue weighted by atomic mass is 9.94. The van der Waals surface area contributed by atoms with Gasteiger partial charge >= 0.3 is 0 Å². The van der Waals surface area contributed by atoms with Crippen LogP contribution in [0.2, 0.25) is 5.15 Å². The lowest BCUT2D eigenvalue weighted by Gasteiger charge is -2.26. The normalized spacial score (nSPS) is 18.6. The number of amides is 1. The number of aliphatic hydroxyl groups is 1. The Morgan fingerprint density at radius 2 is 2.05 bits per heavy atom. The highest BCUT2D eigenvalue weighted by Gasteiger charge is 2.28. The van der Waals surface area contributed by atoms with E-state index in [9.17, 15) is 9.90 Å². The van der Waals surface area contributed by atoms with Crippen molar-refractivity contribution in [1.82, 2.24) is 10.3 Å². The average molecular weight is 283 g/mol. The maximum absolute atomic E-state index is 12.0. The summed E-state index contributed by atoms with van der Waals surface area (Å²) in [6, 6.07) is 3.13. The molecule has 1 saturated carbocycles. The fourth-order valence-corrected chi connectivity index (χ4v) is 2.63. The number of nitrogens with one attached hydrogen (secondary N) is 1.